The lowest BCUT2D eigenvalue weighted by molar-refractivity contribution is -0.184. The maximum absolute atomic E-state index is 15.5. The highest BCUT2D eigenvalue weighted by Crippen LogP contribution is 2.54. The minimum absolute atomic E-state index is 0.154. The van der Waals surface area contributed by atoms with Crippen molar-refractivity contribution in [3.05, 3.63) is 35.3 Å². The van der Waals surface area contributed by atoms with Crippen LogP contribution in [-0.4, -0.2) is 105 Å². The van der Waals surface area contributed by atoms with Crippen molar-refractivity contribution in [3.63, 3.8) is 0 Å². The zero-order valence-electron chi connectivity index (χ0n) is 23.1. The van der Waals surface area contributed by atoms with Crippen molar-refractivity contribution in [2.24, 2.45) is 0 Å². The molecular formula is C22H25FN9O12P2+. The molecule has 2 bridgehead atoms. The fraction of sp³-hybridized carbons (Fsp3) is 0.500. The van der Waals surface area contributed by atoms with E-state index in [-0.39, 0.29) is 23.7 Å². The van der Waals surface area contributed by atoms with Crippen LogP contribution in [0.2, 0.25) is 0 Å². The maximum atomic E-state index is 15.5. The summed E-state index contributed by atoms with van der Waals surface area (Å²) < 4.78 is 76.3. The summed E-state index contributed by atoms with van der Waals surface area (Å²) in [6.07, 6.45) is -6.67. The van der Waals surface area contributed by atoms with E-state index in [1.165, 1.54) is 17.1 Å². The van der Waals surface area contributed by atoms with Gasteiger partial charge < -0.3 is 35.7 Å². The highest BCUT2D eigenvalue weighted by Gasteiger charge is 2.67. The van der Waals surface area contributed by atoms with Gasteiger partial charge in [-0.3, -0.25) is 28.0 Å². The predicted molar refractivity (Wildman–Crippen MR) is 148 cm³/mol. The van der Waals surface area contributed by atoms with Crippen LogP contribution in [0, 0.1) is 0 Å². The van der Waals surface area contributed by atoms with Crippen molar-refractivity contribution in [2.75, 3.05) is 31.3 Å². The topological polar surface area (TPSA) is 297 Å². The van der Waals surface area contributed by atoms with Gasteiger partial charge in [0.15, 0.2) is 47.1 Å². The van der Waals surface area contributed by atoms with Gasteiger partial charge in [0, 0.05) is 10.8 Å². The summed E-state index contributed by atoms with van der Waals surface area (Å²) in [6.45, 7) is -1.94. The zero-order chi connectivity index (χ0) is 32.5. The van der Waals surface area contributed by atoms with Crippen LogP contribution in [0.25, 0.3) is 22.3 Å². The van der Waals surface area contributed by atoms with Crippen LogP contribution in [0.1, 0.15) is 12.5 Å². The number of fused-ring (bicyclic) bond motifs is 4. The molecule has 7 rings (SSSR count). The summed E-state index contributed by atoms with van der Waals surface area (Å²) in [4.78, 5) is 51.2. The van der Waals surface area contributed by atoms with Gasteiger partial charge in [0.25, 0.3) is 5.56 Å². The third-order valence-electron chi connectivity index (χ3n) is 7.84. The van der Waals surface area contributed by atoms with E-state index in [0.29, 0.717) is 16.9 Å². The van der Waals surface area contributed by atoms with Crippen molar-refractivity contribution in [3.8, 4) is 0 Å². The molecule has 10 atom stereocenters. The van der Waals surface area contributed by atoms with Gasteiger partial charge in [-0.25, -0.2) is 23.9 Å². The Kier molecular flexibility index (Phi) is 7.65. The van der Waals surface area contributed by atoms with Crippen LogP contribution in [0.3, 0.4) is 0 Å². The number of nitrogen functional groups attached to an aromatic ring is 2. The molecule has 246 valence electrons. The lowest BCUT2D eigenvalue weighted by Gasteiger charge is -2.31. The van der Waals surface area contributed by atoms with Gasteiger partial charge in [0.2, 0.25) is 5.95 Å². The number of aliphatic hydroxyl groups is 1. The van der Waals surface area contributed by atoms with Crippen molar-refractivity contribution < 1.29 is 56.2 Å². The number of pyridine rings is 1. The Balaban J connectivity index is 1.14. The number of nitrogens with two attached hydrogens (primary N) is 2. The van der Waals surface area contributed by atoms with E-state index in [9.17, 15) is 28.8 Å². The number of ether oxygens (including phenoxy) is 3. The molecule has 2 unspecified atom stereocenters. The Labute approximate surface area is 255 Å². The molecule has 0 radical (unpaired) electrons. The summed E-state index contributed by atoms with van der Waals surface area (Å²) in [5.74, 6) is -0.295. The molecule has 3 aliphatic rings. The van der Waals surface area contributed by atoms with Gasteiger partial charge in [-0.2, -0.15) is 4.98 Å². The second-order valence-electron chi connectivity index (χ2n) is 10.6. The number of H-pyrrole nitrogens is 1. The number of phosphoric acid groups is 1. The third kappa shape index (κ3) is 5.07. The molecule has 7 heterocycles. The van der Waals surface area contributed by atoms with E-state index in [2.05, 4.69) is 24.9 Å². The average Bonchev–Trinajstić information content (AvgIpc) is 3.81. The molecule has 21 nitrogen and oxygen atoms in total. The normalized spacial score (nSPS) is 32.4. The van der Waals surface area contributed by atoms with E-state index in [1.54, 1.807) is 6.07 Å². The first-order valence-electron chi connectivity index (χ1n) is 13.4. The molecule has 0 saturated carbocycles. The average molecular weight is 688 g/mol. The minimum atomic E-state index is -5.23. The number of nitrogens with one attached hydrogen (secondary N) is 1. The molecule has 46 heavy (non-hydrogen) atoms. The Hall–Kier alpha value is -3.53. The first kappa shape index (κ1) is 31.1. The van der Waals surface area contributed by atoms with Crippen molar-refractivity contribution in [1.29, 1.82) is 0 Å². The molecule has 24 heteroatoms. The van der Waals surface area contributed by atoms with Gasteiger partial charge in [-0.1, -0.05) is 0 Å². The molecule has 4 aromatic heterocycles. The second kappa shape index (κ2) is 11.3. The molecule has 0 amide bonds. The SMILES string of the molecule is Nc1nc2c(ncn2[C@@H]2O[C@H](CO)[C@@H](F)[C@H]2OP(=O)(O)OC[C@@]23CO[C@@H]([C@H](n4cnc5c(N)ccnc54)O2)[C@@H]3O[P+](=O)O)c(=O)[nH]1. The molecule has 0 aromatic carbocycles. The number of halogens is 1. The standard InChI is InChI=1S/C22H24FN9O12P2/c23-10-9(3-33)41-19(32-7-28-12-17(32)29-21(25)30-18(12)34)13(10)44-46(37,38)40-5-22-4-39-14(15(22)43-45(35)36)20(42-22)31-6-27-11-8(24)1-2-26-16(11)31/h1-2,6-7,9-10,13-15,19-20,33H,3-5H2,(H6-,24,25,26,29,30,34,35,36,37,38)/p+1/t9-,10-,13-,14-,15+,19-,20-,22-/m1/s1. The van der Waals surface area contributed by atoms with E-state index < -0.39 is 83.5 Å². The number of anilines is 2. The van der Waals surface area contributed by atoms with E-state index in [4.69, 9.17) is 39.2 Å². The quantitative estimate of drug-likeness (QED) is 0.111. The highest BCUT2D eigenvalue weighted by atomic mass is 31.2. The lowest BCUT2D eigenvalue weighted by atomic mass is 10.0. The summed E-state index contributed by atoms with van der Waals surface area (Å²) in [5, 5.41) is 9.67. The molecule has 0 spiro atoms. The summed E-state index contributed by atoms with van der Waals surface area (Å²) in [6, 6.07) is 1.54. The van der Waals surface area contributed by atoms with Crippen LogP contribution in [0.4, 0.5) is 16.0 Å². The Morgan fingerprint density at radius 3 is 2.67 bits per heavy atom. The van der Waals surface area contributed by atoms with E-state index in [0.717, 1.165) is 10.9 Å². The number of hydrogen-bond acceptors (Lipinski definition) is 16. The second-order valence-corrected chi connectivity index (χ2v) is 12.7. The fourth-order valence-electron chi connectivity index (χ4n) is 5.79. The number of rotatable bonds is 10. The van der Waals surface area contributed by atoms with Crippen LogP contribution in [0.5, 0.6) is 0 Å². The van der Waals surface area contributed by atoms with Crippen LogP contribution in [0.15, 0.2) is 29.7 Å². The van der Waals surface area contributed by atoms with Crippen LogP contribution >= 0.6 is 16.1 Å². The Bertz CT molecular complexity index is 1940. The smallest absolute Gasteiger partial charge is 0.397 e. The summed E-state index contributed by atoms with van der Waals surface area (Å²) in [7, 11) is -8.44. The number of aliphatic hydroxyl groups excluding tert-OH is 1. The monoisotopic (exact) mass is 688 g/mol. The molecule has 3 fully saturated rings. The maximum Gasteiger partial charge on any atom is 0.695 e. The molecule has 3 saturated heterocycles. The fourth-order valence-corrected chi connectivity index (χ4v) is 7.27. The summed E-state index contributed by atoms with van der Waals surface area (Å²) in [5.41, 5.74) is 9.79. The first-order valence-corrected chi connectivity index (χ1v) is 16.0. The predicted octanol–water partition coefficient (Wildman–Crippen LogP) is -0.840. The summed E-state index contributed by atoms with van der Waals surface area (Å²) >= 11 is 0. The molecule has 0 aliphatic carbocycles. The molecule has 8 N–H and O–H groups in total. The zero-order valence-corrected chi connectivity index (χ0v) is 24.9. The number of aromatic nitrogens is 7. The van der Waals surface area contributed by atoms with Gasteiger partial charge >= 0.3 is 16.1 Å². The third-order valence-corrected chi connectivity index (χ3v) is 9.21. The lowest BCUT2D eigenvalue weighted by Crippen LogP contribution is -2.45. The number of imidazole rings is 2. The van der Waals surface area contributed by atoms with E-state index >= 15 is 4.39 Å². The van der Waals surface area contributed by atoms with Gasteiger partial charge in [0.1, 0.15) is 23.8 Å². The number of aromatic amines is 1. The largest absolute Gasteiger partial charge is 0.695 e. The van der Waals surface area contributed by atoms with Crippen molar-refractivity contribution >= 4 is 50.0 Å². The van der Waals surface area contributed by atoms with Crippen molar-refractivity contribution in [2.45, 2.75) is 48.6 Å². The number of hydrogen-bond donors (Lipinski definition) is 6. The van der Waals surface area contributed by atoms with Gasteiger partial charge in [-0.05, 0) is 6.07 Å². The van der Waals surface area contributed by atoms with Gasteiger partial charge in [-0.15, -0.1) is 9.42 Å². The van der Waals surface area contributed by atoms with Gasteiger partial charge in [0.05, 0.1) is 38.2 Å². The molecule has 3 aliphatic heterocycles. The molecular weight excluding hydrogens is 663 g/mol. The van der Waals surface area contributed by atoms with Crippen molar-refractivity contribution in [1.82, 2.24) is 34.1 Å². The van der Waals surface area contributed by atoms with Crippen LogP contribution in [-0.2, 0) is 36.9 Å². The van der Waals surface area contributed by atoms with E-state index in [1.807, 2.05) is 0 Å². The number of phosphoric ester groups is 1. The Morgan fingerprint density at radius 1 is 1.20 bits per heavy atom. The minimum Gasteiger partial charge on any atom is -0.397 e. The highest BCUT2D eigenvalue weighted by molar-refractivity contribution is 7.47. The first-order chi connectivity index (χ1) is 21.9. The Morgan fingerprint density at radius 2 is 1.93 bits per heavy atom. The number of nitrogens with zero attached hydrogens (tertiary/aromatic N) is 6. The number of alkyl halides is 1. The molecule has 4 aromatic rings. The van der Waals surface area contributed by atoms with Crippen LogP contribution < -0.4 is 17.0 Å².